The Balaban J connectivity index is 3.98. The number of unbranched alkanes of at least 4 members (excludes halogenated alkanes) is 1. The molecule has 0 atom stereocenters. The number of primary amides is 1. The molecular formula is C9H14N4O2. The second kappa shape index (κ2) is 7.38. The minimum Gasteiger partial charge on any atom is -0.365 e. The van der Waals surface area contributed by atoms with Crippen LogP contribution in [0.1, 0.15) is 19.8 Å². The molecule has 0 unspecified atom stereocenters. The molecule has 0 spiro atoms. The van der Waals surface area contributed by atoms with E-state index in [0.29, 0.717) is 6.54 Å². The van der Waals surface area contributed by atoms with Crippen molar-refractivity contribution in [3.8, 4) is 6.07 Å². The van der Waals surface area contributed by atoms with Gasteiger partial charge in [0.1, 0.15) is 11.6 Å². The average Bonchev–Trinajstić information content (AvgIpc) is 2.18. The van der Waals surface area contributed by atoms with E-state index in [1.165, 1.54) is 0 Å². The first-order valence-electron chi connectivity index (χ1n) is 4.56. The van der Waals surface area contributed by atoms with Crippen molar-refractivity contribution in [2.45, 2.75) is 19.8 Å². The Bertz CT molecular complexity index is 304. The topological polar surface area (TPSA) is 108 Å². The number of urea groups is 1. The zero-order valence-corrected chi connectivity index (χ0v) is 8.54. The summed E-state index contributed by atoms with van der Waals surface area (Å²) >= 11 is 0. The van der Waals surface area contributed by atoms with Crippen LogP contribution in [0.25, 0.3) is 0 Å². The molecular weight excluding hydrogens is 196 g/mol. The van der Waals surface area contributed by atoms with Gasteiger partial charge in [0.2, 0.25) is 0 Å². The van der Waals surface area contributed by atoms with E-state index in [1.54, 1.807) is 6.07 Å². The predicted molar refractivity (Wildman–Crippen MR) is 54.3 cm³/mol. The fourth-order valence-electron chi connectivity index (χ4n) is 0.726. The lowest BCUT2D eigenvalue weighted by molar-refractivity contribution is -0.114. The molecule has 15 heavy (non-hydrogen) atoms. The monoisotopic (exact) mass is 210 g/mol. The largest absolute Gasteiger partial charge is 0.365 e. The third-order valence-electron chi connectivity index (χ3n) is 1.55. The first kappa shape index (κ1) is 13.0. The van der Waals surface area contributed by atoms with Gasteiger partial charge in [0.05, 0.1) is 0 Å². The minimum atomic E-state index is -0.869. The van der Waals surface area contributed by atoms with Gasteiger partial charge in [0.15, 0.2) is 0 Å². The van der Waals surface area contributed by atoms with Gasteiger partial charge in [0.25, 0.3) is 5.91 Å². The fraction of sp³-hybridized carbons (Fsp3) is 0.444. The summed E-state index contributed by atoms with van der Waals surface area (Å²) in [7, 11) is 0. The molecule has 0 radical (unpaired) electrons. The molecule has 0 aliphatic heterocycles. The Morgan fingerprint density at radius 3 is 2.67 bits per heavy atom. The molecule has 6 heteroatoms. The van der Waals surface area contributed by atoms with Crippen LogP contribution in [-0.2, 0) is 4.79 Å². The van der Waals surface area contributed by atoms with Crippen LogP contribution in [0, 0.1) is 11.3 Å². The molecule has 0 heterocycles. The first-order chi connectivity index (χ1) is 7.11. The van der Waals surface area contributed by atoms with E-state index in [2.05, 4.69) is 10.6 Å². The second-order valence-corrected chi connectivity index (χ2v) is 2.79. The number of carbonyl (C=O) groups excluding carboxylic acids is 2. The van der Waals surface area contributed by atoms with Crippen molar-refractivity contribution < 1.29 is 9.59 Å². The van der Waals surface area contributed by atoms with Crippen molar-refractivity contribution in [2.24, 2.45) is 5.73 Å². The third kappa shape index (κ3) is 6.10. The van der Waals surface area contributed by atoms with Gasteiger partial charge < -0.3 is 16.4 Å². The fourth-order valence-corrected chi connectivity index (χ4v) is 0.726. The molecule has 0 aliphatic rings. The number of nitrogens with one attached hydrogen (secondary N) is 2. The van der Waals surface area contributed by atoms with Gasteiger partial charge in [-0.05, 0) is 6.42 Å². The van der Waals surface area contributed by atoms with E-state index in [0.717, 1.165) is 19.0 Å². The number of hydrogen-bond donors (Lipinski definition) is 3. The number of nitrogens with two attached hydrogens (primary N) is 1. The van der Waals surface area contributed by atoms with Crippen LogP contribution in [0.2, 0.25) is 0 Å². The highest BCUT2D eigenvalue weighted by Crippen LogP contribution is 1.87. The van der Waals surface area contributed by atoms with Gasteiger partial charge in [-0.3, -0.25) is 4.79 Å². The highest BCUT2D eigenvalue weighted by atomic mass is 16.2. The van der Waals surface area contributed by atoms with Crippen LogP contribution in [0.3, 0.4) is 0 Å². The molecule has 0 aliphatic carbocycles. The average molecular weight is 210 g/mol. The number of nitriles is 1. The van der Waals surface area contributed by atoms with Crippen molar-refractivity contribution in [3.05, 3.63) is 11.8 Å². The van der Waals surface area contributed by atoms with Crippen molar-refractivity contribution in [3.63, 3.8) is 0 Å². The zero-order valence-electron chi connectivity index (χ0n) is 8.54. The molecule has 0 fully saturated rings. The molecule has 0 saturated heterocycles. The van der Waals surface area contributed by atoms with Crippen LogP contribution >= 0.6 is 0 Å². The predicted octanol–water partition coefficient (Wildman–Crippen LogP) is -0.0215. The highest BCUT2D eigenvalue weighted by molar-refractivity contribution is 5.96. The standard InChI is InChI=1S/C9H14N4O2/c1-2-3-4-12-9(15)13-6-7(5-10)8(11)14/h6H,2-4H2,1H3,(H2,11,14)(H2,12,13,15)/b7-6-. The van der Waals surface area contributed by atoms with Gasteiger partial charge in [0, 0.05) is 12.7 Å². The Hall–Kier alpha value is -2.03. The lowest BCUT2D eigenvalue weighted by Crippen LogP contribution is -2.33. The van der Waals surface area contributed by atoms with Gasteiger partial charge in [-0.25, -0.2) is 4.79 Å². The Labute approximate surface area is 88.1 Å². The minimum absolute atomic E-state index is 0.291. The number of carbonyl (C=O) groups is 2. The van der Waals surface area contributed by atoms with E-state index in [1.807, 2.05) is 6.92 Å². The second-order valence-electron chi connectivity index (χ2n) is 2.79. The molecule has 3 amide bonds. The van der Waals surface area contributed by atoms with Crippen LogP contribution in [0.15, 0.2) is 11.8 Å². The lowest BCUT2D eigenvalue weighted by atomic mass is 10.3. The molecule has 0 aromatic carbocycles. The normalized spacial score (nSPS) is 10.3. The van der Waals surface area contributed by atoms with Crippen molar-refractivity contribution >= 4 is 11.9 Å². The van der Waals surface area contributed by atoms with Crippen LogP contribution < -0.4 is 16.4 Å². The van der Waals surface area contributed by atoms with Crippen LogP contribution in [0.5, 0.6) is 0 Å². The van der Waals surface area contributed by atoms with Crippen molar-refractivity contribution in [2.75, 3.05) is 6.54 Å². The maximum absolute atomic E-state index is 11.0. The Morgan fingerprint density at radius 1 is 1.53 bits per heavy atom. The van der Waals surface area contributed by atoms with Gasteiger partial charge >= 0.3 is 6.03 Å². The number of amides is 3. The van der Waals surface area contributed by atoms with Gasteiger partial charge in [-0.1, -0.05) is 13.3 Å². The van der Waals surface area contributed by atoms with Gasteiger partial charge in [-0.2, -0.15) is 5.26 Å². The Morgan fingerprint density at radius 2 is 2.20 bits per heavy atom. The summed E-state index contributed by atoms with van der Waals surface area (Å²) in [6, 6.07) is 1.11. The summed E-state index contributed by atoms with van der Waals surface area (Å²) in [6.45, 7) is 2.55. The molecule has 0 bridgehead atoms. The molecule has 0 saturated carbocycles. The van der Waals surface area contributed by atoms with E-state index in [4.69, 9.17) is 11.0 Å². The summed E-state index contributed by atoms with van der Waals surface area (Å²) in [5, 5.41) is 13.2. The van der Waals surface area contributed by atoms with Crippen molar-refractivity contribution in [1.82, 2.24) is 10.6 Å². The first-order valence-corrected chi connectivity index (χ1v) is 4.56. The van der Waals surface area contributed by atoms with Crippen LogP contribution in [0.4, 0.5) is 4.79 Å². The smallest absolute Gasteiger partial charge is 0.318 e. The number of hydrogen-bond acceptors (Lipinski definition) is 3. The quantitative estimate of drug-likeness (QED) is 0.337. The summed E-state index contributed by atoms with van der Waals surface area (Å²) < 4.78 is 0. The molecule has 0 aromatic rings. The summed E-state index contributed by atoms with van der Waals surface area (Å²) in [5.74, 6) is -0.869. The van der Waals surface area contributed by atoms with Crippen molar-refractivity contribution in [1.29, 1.82) is 5.26 Å². The third-order valence-corrected chi connectivity index (χ3v) is 1.55. The number of nitrogens with zero attached hydrogens (tertiary/aromatic N) is 1. The van der Waals surface area contributed by atoms with E-state index < -0.39 is 11.9 Å². The van der Waals surface area contributed by atoms with E-state index in [9.17, 15) is 9.59 Å². The molecule has 4 N–H and O–H groups in total. The summed E-state index contributed by atoms with van der Waals surface area (Å²) in [4.78, 5) is 21.6. The number of rotatable bonds is 5. The molecule has 6 nitrogen and oxygen atoms in total. The lowest BCUT2D eigenvalue weighted by Gasteiger charge is -2.02. The Kier molecular flexibility index (Phi) is 6.38. The molecule has 0 aromatic heterocycles. The zero-order chi connectivity index (χ0) is 11.7. The van der Waals surface area contributed by atoms with Crippen LogP contribution in [-0.4, -0.2) is 18.5 Å². The maximum atomic E-state index is 11.0. The highest BCUT2D eigenvalue weighted by Gasteiger charge is 2.03. The van der Waals surface area contributed by atoms with E-state index >= 15 is 0 Å². The van der Waals surface area contributed by atoms with Gasteiger partial charge in [-0.15, -0.1) is 0 Å². The maximum Gasteiger partial charge on any atom is 0.318 e. The molecule has 0 rings (SSSR count). The van der Waals surface area contributed by atoms with E-state index in [-0.39, 0.29) is 5.57 Å². The summed E-state index contributed by atoms with van der Waals surface area (Å²) in [5.41, 5.74) is 4.56. The summed E-state index contributed by atoms with van der Waals surface area (Å²) in [6.07, 6.45) is 2.84. The SMILES string of the molecule is CCCCNC(=O)N/C=C(/C#N)C(N)=O. The molecule has 82 valence electrons.